The van der Waals surface area contributed by atoms with Crippen LogP contribution in [-0.2, 0) is 4.43 Å². The molecule has 1 aromatic carbocycles. The van der Waals surface area contributed by atoms with Gasteiger partial charge in [0, 0.05) is 0 Å². The molecule has 0 unspecified atom stereocenters. The fraction of sp³-hybridized carbons (Fsp3) is 0.417. The highest BCUT2D eigenvalue weighted by atomic mass is 28.4. The Morgan fingerprint density at radius 1 is 1.20 bits per heavy atom. The van der Waals surface area contributed by atoms with E-state index in [1.807, 2.05) is 51.7 Å². The molecule has 0 heterocycles. The zero-order valence-electron chi connectivity index (χ0n) is 10.0. The molecule has 0 fully saturated rings. The lowest BCUT2D eigenvalue weighted by Crippen LogP contribution is -2.29. The van der Waals surface area contributed by atoms with Gasteiger partial charge in [0.15, 0.2) is 0 Å². The Morgan fingerprint density at radius 3 is 2.33 bits per heavy atom. The number of benzene rings is 1. The van der Waals surface area contributed by atoms with Crippen LogP contribution in [-0.4, -0.2) is 14.3 Å². The largest absolute Gasteiger partial charge is 0.516 e. The van der Waals surface area contributed by atoms with Crippen LogP contribution in [0.1, 0.15) is 21.5 Å². The van der Waals surface area contributed by atoms with Gasteiger partial charge in [0.05, 0.1) is 5.56 Å². The minimum atomic E-state index is -1.79. The molecular formula is C12H18O2Si. The fourth-order valence-corrected chi connectivity index (χ4v) is 1.95. The summed E-state index contributed by atoms with van der Waals surface area (Å²) in [4.78, 5) is 11.8. The van der Waals surface area contributed by atoms with E-state index in [0.717, 1.165) is 11.1 Å². The van der Waals surface area contributed by atoms with Crippen molar-refractivity contribution in [1.82, 2.24) is 0 Å². The van der Waals surface area contributed by atoms with Crippen molar-refractivity contribution in [2.75, 3.05) is 0 Å². The van der Waals surface area contributed by atoms with Crippen molar-refractivity contribution in [3.8, 4) is 0 Å². The van der Waals surface area contributed by atoms with Gasteiger partial charge in [0.25, 0.3) is 0 Å². The lowest BCUT2D eigenvalue weighted by atomic mass is 10.1. The van der Waals surface area contributed by atoms with Crippen LogP contribution in [0, 0.1) is 13.8 Å². The summed E-state index contributed by atoms with van der Waals surface area (Å²) in [7, 11) is -1.79. The molecule has 0 aromatic heterocycles. The molecule has 1 aromatic rings. The van der Waals surface area contributed by atoms with Gasteiger partial charge in [-0.3, -0.25) is 0 Å². The van der Waals surface area contributed by atoms with E-state index < -0.39 is 8.32 Å². The van der Waals surface area contributed by atoms with Gasteiger partial charge in [-0.25, -0.2) is 4.79 Å². The maximum atomic E-state index is 11.8. The van der Waals surface area contributed by atoms with Crippen molar-refractivity contribution >= 4 is 14.3 Å². The molecule has 1 rings (SSSR count). The van der Waals surface area contributed by atoms with Gasteiger partial charge in [-0.05, 0) is 45.1 Å². The summed E-state index contributed by atoms with van der Waals surface area (Å²) in [6.45, 7) is 9.94. The number of carbonyl (C=O) groups is 1. The van der Waals surface area contributed by atoms with Gasteiger partial charge in [-0.15, -0.1) is 0 Å². The molecule has 0 saturated carbocycles. The van der Waals surface area contributed by atoms with Gasteiger partial charge in [0.2, 0.25) is 8.32 Å². The molecule has 0 aliphatic rings. The quantitative estimate of drug-likeness (QED) is 0.718. The Kier molecular flexibility index (Phi) is 3.34. The Bertz CT molecular complexity index is 378. The molecule has 0 N–H and O–H groups in total. The zero-order valence-corrected chi connectivity index (χ0v) is 11.0. The van der Waals surface area contributed by atoms with Crippen LogP contribution in [0.15, 0.2) is 18.2 Å². The van der Waals surface area contributed by atoms with Crippen molar-refractivity contribution in [1.29, 1.82) is 0 Å². The molecule has 0 atom stereocenters. The molecule has 3 heteroatoms. The van der Waals surface area contributed by atoms with Gasteiger partial charge >= 0.3 is 5.97 Å². The predicted molar refractivity (Wildman–Crippen MR) is 64.7 cm³/mol. The summed E-state index contributed by atoms with van der Waals surface area (Å²) in [5, 5.41) is 0. The number of rotatable bonds is 2. The zero-order chi connectivity index (χ0) is 11.6. The molecular weight excluding hydrogens is 204 g/mol. The highest BCUT2D eigenvalue weighted by Gasteiger charge is 2.21. The molecule has 0 aliphatic heterocycles. The summed E-state index contributed by atoms with van der Waals surface area (Å²) in [5.74, 6) is -0.185. The number of aryl methyl sites for hydroxylation is 2. The molecule has 15 heavy (non-hydrogen) atoms. The highest BCUT2D eigenvalue weighted by molar-refractivity contribution is 6.71. The van der Waals surface area contributed by atoms with E-state index in [1.54, 1.807) is 0 Å². The first-order valence-electron chi connectivity index (χ1n) is 5.10. The second-order valence-corrected chi connectivity index (χ2v) is 9.25. The van der Waals surface area contributed by atoms with Crippen LogP contribution in [0.25, 0.3) is 0 Å². The number of hydrogen-bond donors (Lipinski definition) is 0. The summed E-state index contributed by atoms with van der Waals surface area (Å²) in [5.41, 5.74) is 2.75. The Hall–Kier alpha value is -1.09. The van der Waals surface area contributed by atoms with E-state index in [4.69, 9.17) is 4.43 Å². The van der Waals surface area contributed by atoms with Crippen LogP contribution in [0.5, 0.6) is 0 Å². The smallest absolute Gasteiger partial charge is 0.325 e. The molecule has 0 spiro atoms. The lowest BCUT2D eigenvalue weighted by molar-refractivity contribution is 0.0724. The lowest BCUT2D eigenvalue weighted by Gasteiger charge is -2.18. The molecule has 0 radical (unpaired) electrons. The third-order valence-corrected chi connectivity index (χ3v) is 2.81. The van der Waals surface area contributed by atoms with Crippen molar-refractivity contribution in [3.63, 3.8) is 0 Å². The third kappa shape index (κ3) is 3.51. The average Bonchev–Trinajstić information content (AvgIpc) is 2.06. The van der Waals surface area contributed by atoms with E-state index in [0.29, 0.717) is 5.56 Å². The third-order valence-electron chi connectivity index (χ3n) is 2.01. The van der Waals surface area contributed by atoms with Gasteiger partial charge in [-0.1, -0.05) is 17.7 Å². The Labute approximate surface area is 92.4 Å². The van der Waals surface area contributed by atoms with Gasteiger partial charge in [0.1, 0.15) is 0 Å². The Balaban J connectivity index is 2.96. The first kappa shape index (κ1) is 12.0. The van der Waals surface area contributed by atoms with E-state index >= 15 is 0 Å². The molecule has 2 nitrogen and oxygen atoms in total. The van der Waals surface area contributed by atoms with Crippen LogP contribution >= 0.6 is 0 Å². The van der Waals surface area contributed by atoms with Crippen molar-refractivity contribution in [3.05, 3.63) is 34.9 Å². The van der Waals surface area contributed by atoms with Crippen LogP contribution in [0.3, 0.4) is 0 Å². The van der Waals surface area contributed by atoms with E-state index in [-0.39, 0.29) is 5.97 Å². The first-order chi connectivity index (χ1) is 6.79. The fourth-order valence-electron chi connectivity index (χ4n) is 1.29. The standard InChI is InChI=1S/C12H18O2Si/c1-9-6-7-10(2)11(8-9)12(13)14-15(3,4)5/h6-8H,1-5H3. The van der Waals surface area contributed by atoms with Crippen molar-refractivity contribution in [2.24, 2.45) is 0 Å². The SMILES string of the molecule is Cc1ccc(C)c(C(=O)O[Si](C)(C)C)c1. The molecule has 82 valence electrons. The molecule has 0 amide bonds. The Morgan fingerprint density at radius 2 is 1.80 bits per heavy atom. The average molecular weight is 222 g/mol. The van der Waals surface area contributed by atoms with Crippen molar-refractivity contribution in [2.45, 2.75) is 33.5 Å². The minimum absolute atomic E-state index is 0.185. The number of hydrogen-bond acceptors (Lipinski definition) is 2. The molecule has 0 aliphatic carbocycles. The normalized spacial score (nSPS) is 11.3. The van der Waals surface area contributed by atoms with Crippen molar-refractivity contribution < 1.29 is 9.22 Å². The maximum Gasteiger partial charge on any atom is 0.325 e. The van der Waals surface area contributed by atoms with Crippen LogP contribution < -0.4 is 0 Å². The summed E-state index contributed by atoms with van der Waals surface area (Å²) in [6.07, 6.45) is 0. The molecule has 0 bridgehead atoms. The first-order valence-corrected chi connectivity index (χ1v) is 8.51. The monoisotopic (exact) mass is 222 g/mol. The summed E-state index contributed by atoms with van der Waals surface area (Å²) in [6, 6.07) is 5.84. The topological polar surface area (TPSA) is 26.3 Å². The maximum absolute atomic E-state index is 11.8. The number of carbonyl (C=O) groups excluding carboxylic acids is 1. The summed E-state index contributed by atoms with van der Waals surface area (Å²) >= 11 is 0. The van der Waals surface area contributed by atoms with Gasteiger partial charge in [-0.2, -0.15) is 0 Å². The van der Waals surface area contributed by atoms with E-state index in [9.17, 15) is 4.79 Å². The second kappa shape index (κ2) is 4.19. The van der Waals surface area contributed by atoms with Crippen LogP contribution in [0.4, 0.5) is 0 Å². The minimum Gasteiger partial charge on any atom is -0.516 e. The predicted octanol–water partition coefficient (Wildman–Crippen LogP) is 3.30. The second-order valence-electron chi connectivity index (χ2n) is 4.82. The highest BCUT2D eigenvalue weighted by Crippen LogP contribution is 2.14. The van der Waals surface area contributed by atoms with E-state index in [1.165, 1.54) is 0 Å². The van der Waals surface area contributed by atoms with E-state index in [2.05, 4.69) is 0 Å². The molecule has 0 saturated heterocycles. The summed E-state index contributed by atoms with van der Waals surface area (Å²) < 4.78 is 5.46. The van der Waals surface area contributed by atoms with Gasteiger partial charge < -0.3 is 4.43 Å². The van der Waals surface area contributed by atoms with Crippen LogP contribution in [0.2, 0.25) is 19.6 Å².